The molecular formula is C20H12O6S. The molecule has 0 aliphatic carbocycles. The van der Waals surface area contributed by atoms with E-state index in [0.717, 1.165) is 0 Å². The Morgan fingerprint density at radius 1 is 0.778 bits per heavy atom. The summed E-state index contributed by atoms with van der Waals surface area (Å²) in [5.41, 5.74) is 0.0161. The number of para-hydroxylation sites is 2. The van der Waals surface area contributed by atoms with Crippen molar-refractivity contribution >= 4 is 16.1 Å². The highest BCUT2D eigenvalue weighted by molar-refractivity contribution is 7.86. The molecule has 2 aliphatic heterocycles. The summed E-state index contributed by atoms with van der Waals surface area (Å²) in [6, 6.07) is 18.5. The Balaban J connectivity index is 1.94. The minimum atomic E-state index is -4.60. The summed E-state index contributed by atoms with van der Waals surface area (Å²) in [5, 5.41) is 0. The summed E-state index contributed by atoms with van der Waals surface area (Å²) in [4.78, 5) is 12.3. The Morgan fingerprint density at radius 2 is 1.33 bits per heavy atom. The smallest absolute Gasteiger partial charge is 0.341 e. The Bertz CT molecular complexity index is 1180. The van der Waals surface area contributed by atoms with Gasteiger partial charge >= 0.3 is 5.97 Å². The van der Waals surface area contributed by atoms with Crippen LogP contribution in [0.15, 0.2) is 71.6 Å². The molecule has 2 heterocycles. The van der Waals surface area contributed by atoms with E-state index in [1.165, 1.54) is 12.1 Å². The Morgan fingerprint density at radius 3 is 1.93 bits per heavy atom. The van der Waals surface area contributed by atoms with Crippen molar-refractivity contribution in [3.8, 4) is 11.5 Å². The zero-order valence-corrected chi connectivity index (χ0v) is 14.6. The molecule has 0 bridgehead atoms. The van der Waals surface area contributed by atoms with Crippen LogP contribution in [0.5, 0.6) is 11.5 Å². The number of hydrogen-bond acceptors (Lipinski definition) is 5. The average molecular weight is 380 g/mol. The van der Waals surface area contributed by atoms with Gasteiger partial charge in [0.15, 0.2) is 5.60 Å². The van der Waals surface area contributed by atoms with Gasteiger partial charge in [-0.05, 0) is 18.2 Å². The second kappa shape index (κ2) is 5.18. The van der Waals surface area contributed by atoms with Crippen LogP contribution in [0.1, 0.15) is 27.0 Å². The molecule has 2 aliphatic rings. The van der Waals surface area contributed by atoms with Crippen molar-refractivity contribution in [3.05, 3.63) is 89.0 Å². The molecule has 3 aromatic rings. The first-order valence-corrected chi connectivity index (χ1v) is 9.58. The molecule has 27 heavy (non-hydrogen) atoms. The highest BCUT2D eigenvalue weighted by atomic mass is 32.2. The maximum absolute atomic E-state index is 12.8. The summed E-state index contributed by atoms with van der Waals surface area (Å²) in [7, 11) is -4.60. The molecule has 0 fully saturated rings. The van der Waals surface area contributed by atoms with E-state index >= 15 is 0 Å². The van der Waals surface area contributed by atoms with Gasteiger partial charge in [-0.25, -0.2) is 4.79 Å². The zero-order valence-electron chi connectivity index (χ0n) is 13.7. The summed E-state index contributed by atoms with van der Waals surface area (Å²) in [6.45, 7) is 0. The van der Waals surface area contributed by atoms with Crippen LogP contribution in [-0.2, 0) is 20.5 Å². The SMILES string of the molecule is O=C1OC2(c3ccccc3Oc3ccccc32)c2cccc(S(=O)(=O)O)c21. The number of hydrogen-bond donors (Lipinski definition) is 1. The predicted octanol–water partition coefficient (Wildman–Crippen LogP) is 3.50. The van der Waals surface area contributed by atoms with E-state index < -0.39 is 26.6 Å². The monoisotopic (exact) mass is 380 g/mol. The third-order valence-corrected chi connectivity index (χ3v) is 5.78. The highest BCUT2D eigenvalue weighted by Gasteiger charge is 2.54. The molecule has 5 rings (SSSR count). The van der Waals surface area contributed by atoms with Crippen LogP contribution < -0.4 is 4.74 Å². The minimum Gasteiger partial charge on any atom is -0.456 e. The van der Waals surface area contributed by atoms with Gasteiger partial charge in [0.25, 0.3) is 10.1 Å². The minimum absolute atomic E-state index is 0.161. The van der Waals surface area contributed by atoms with Crippen LogP contribution in [0.25, 0.3) is 0 Å². The first-order valence-electron chi connectivity index (χ1n) is 8.14. The molecule has 6 nitrogen and oxygen atoms in total. The van der Waals surface area contributed by atoms with E-state index in [-0.39, 0.29) is 5.56 Å². The predicted molar refractivity (Wildman–Crippen MR) is 94.5 cm³/mol. The largest absolute Gasteiger partial charge is 0.456 e. The molecular weight excluding hydrogens is 368 g/mol. The van der Waals surface area contributed by atoms with E-state index in [1.54, 1.807) is 54.6 Å². The van der Waals surface area contributed by atoms with E-state index in [2.05, 4.69) is 0 Å². The molecule has 0 saturated carbocycles. The molecule has 0 unspecified atom stereocenters. The number of carbonyl (C=O) groups is 1. The molecule has 1 spiro atoms. The van der Waals surface area contributed by atoms with E-state index in [0.29, 0.717) is 28.2 Å². The van der Waals surface area contributed by atoms with Crippen molar-refractivity contribution in [2.24, 2.45) is 0 Å². The lowest BCUT2D eigenvalue weighted by Crippen LogP contribution is -2.32. The van der Waals surface area contributed by atoms with Gasteiger partial charge in [-0.3, -0.25) is 4.55 Å². The number of rotatable bonds is 1. The third-order valence-electron chi connectivity index (χ3n) is 4.89. The van der Waals surface area contributed by atoms with Crippen molar-refractivity contribution in [2.75, 3.05) is 0 Å². The van der Waals surface area contributed by atoms with Crippen molar-refractivity contribution < 1.29 is 27.2 Å². The van der Waals surface area contributed by atoms with Crippen molar-refractivity contribution in [2.45, 2.75) is 10.5 Å². The lowest BCUT2D eigenvalue weighted by Gasteiger charge is -2.36. The Kier molecular flexibility index (Phi) is 3.08. The molecule has 0 amide bonds. The molecule has 0 saturated heterocycles. The fourth-order valence-corrected chi connectivity index (χ4v) is 4.55. The summed E-state index contributed by atoms with van der Waals surface area (Å²) in [6.07, 6.45) is 0. The van der Waals surface area contributed by atoms with Crippen LogP contribution in [0.2, 0.25) is 0 Å². The fourth-order valence-electron chi connectivity index (χ4n) is 3.85. The van der Waals surface area contributed by atoms with E-state index in [9.17, 15) is 17.8 Å². The number of esters is 1. The normalized spacial score (nSPS) is 16.1. The summed E-state index contributed by atoms with van der Waals surface area (Å²) < 4.78 is 45.0. The zero-order chi connectivity index (χ0) is 18.8. The highest BCUT2D eigenvalue weighted by Crippen LogP contribution is 2.56. The number of carbonyl (C=O) groups excluding carboxylic acids is 1. The van der Waals surface area contributed by atoms with Crippen LogP contribution in [0.3, 0.4) is 0 Å². The van der Waals surface area contributed by atoms with Gasteiger partial charge in [0.05, 0.1) is 5.56 Å². The first kappa shape index (κ1) is 16.0. The standard InChI is InChI=1S/C20H12O6S/c21-19-18-14(8-5-11-17(18)27(22,23)24)20(26-19)12-6-1-3-9-15(12)25-16-10-4-2-7-13(16)20/h1-11H,(H,22,23,24). The molecule has 1 N–H and O–H groups in total. The molecule has 0 atom stereocenters. The quantitative estimate of drug-likeness (QED) is 0.513. The van der Waals surface area contributed by atoms with E-state index in [4.69, 9.17) is 9.47 Å². The van der Waals surface area contributed by atoms with E-state index in [1.807, 2.05) is 0 Å². The summed E-state index contributed by atoms with van der Waals surface area (Å²) >= 11 is 0. The average Bonchev–Trinajstić information content (AvgIpc) is 2.95. The Labute approximate surface area is 154 Å². The van der Waals surface area contributed by atoms with Crippen molar-refractivity contribution in [1.29, 1.82) is 0 Å². The molecule has 0 aromatic heterocycles. The number of benzene rings is 3. The maximum Gasteiger partial charge on any atom is 0.341 e. The lowest BCUT2D eigenvalue weighted by atomic mass is 9.78. The fraction of sp³-hybridized carbons (Fsp3) is 0.0500. The molecule has 0 radical (unpaired) electrons. The van der Waals surface area contributed by atoms with Gasteiger partial charge in [0, 0.05) is 16.7 Å². The first-order chi connectivity index (χ1) is 12.9. The molecule has 7 heteroatoms. The lowest BCUT2D eigenvalue weighted by molar-refractivity contribution is 0.0222. The summed E-state index contributed by atoms with van der Waals surface area (Å²) in [5.74, 6) is 0.202. The second-order valence-electron chi connectivity index (χ2n) is 6.32. The van der Waals surface area contributed by atoms with Gasteiger partial charge in [-0.15, -0.1) is 0 Å². The number of ether oxygens (including phenoxy) is 2. The van der Waals surface area contributed by atoms with Gasteiger partial charge in [0.1, 0.15) is 16.4 Å². The Hall–Kier alpha value is -3.16. The van der Waals surface area contributed by atoms with Gasteiger partial charge in [-0.2, -0.15) is 8.42 Å². The molecule has 134 valence electrons. The molecule has 3 aromatic carbocycles. The van der Waals surface area contributed by atoms with Crippen molar-refractivity contribution in [1.82, 2.24) is 0 Å². The third kappa shape index (κ3) is 2.03. The van der Waals surface area contributed by atoms with Crippen LogP contribution in [0, 0.1) is 0 Å². The van der Waals surface area contributed by atoms with Gasteiger partial charge in [-0.1, -0.05) is 48.5 Å². The number of fused-ring (bicyclic) bond motifs is 6. The van der Waals surface area contributed by atoms with Crippen molar-refractivity contribution in [3.63, 3.8) is 0 Å². The topological polar surface area (TPSA) is 89.9 Å². The van der Waals surface area contributed by atoms with Crippen LogP contribution in [0.4, 0.5) is 0 Å². The maximum atomic E-state index is 12.8. The van der Waals surface area contributed by atoms with Crippen LogP contribution >= 0.6 is 0 Å². The van der Waals surface area contributed by atoms with Gasteiger partial charge < -0.3 is 9.47 Å². The second-order valence-corrected chi connectivity index (χ2v) is 7.71. The van der Waals surface area contributed by atoms with Crippen LogP contribution in [-0.4, -0.2) is 18.9 Å². The van der Waals surface area contributed by atoms with Gasteiger partial charge in [0.2, 0.25) is 0 Å².